The van der Waals surface area contributed by atoms with Crippen LogP contribution in [-0.4, -0.2) is 98.8 Å². The van der Waals surface area contributed by atoms with E-state index in [2.05, 4.69) is 6.92 Å². The van der Waals surface area contributed by atoms with E-state index in [4.69, 9.17) is 18.9 Å². The Morgan fingerprint density at radius 1 is 1.05 bits per heavy atom. The number of aliphatic hydroxyl groups is 4. The SMILES string of the molecule is CCCCC/C=C/C=C\C(=O)OC/C=C1/[C@H](O[C@@H]2O[C@H](CO)[C@@H](O)[C@H](O)[C@H]2O)OC=C(C(=O)O)[C@H]1CC(=O)O. The molecule has 0 saturated carbocycles. The standard InChI is InChI=1S/C26H36O13/c1-2-3-4-5-6-7-8-9-20(30)36-11-10-15-16(12-19(28)29)17(24(34)35)14-37-25(15)39-26-23(33)22(32)21(31)18(13-27)38-26/h6-10,14,16,18,21-23,25-27,31-33H,2-5,11-13H2,1H3,(H,28,29)(H,34,35)/b7-6+,9-8-,15-10+/t16-,18+,21+,22-,23+,25-,26-/m0/s1. The third-order valence-corrected chi connectivity index (χ3v) is 6.10. The van der Waals surface area contributed by atoms with Crippen molar-refractivity contribution in [1.82, 2.24) is 0 Å². The van der Waals surface area contributed by atoms with Gasteiger partial charge in [-0.3, -0.25) is 4.79 Å². The van der Waals surface area contributed by atoms with Gasteiger partial charge in [-0.05, 0) is 18.9 Å². The second-order valence-corrected chi connectivity index (χ2v) is 8.95. The van der Waals surface area contributed by atoms with Crippen LogP contribution >= 0.6 is 0 Å². The number of carboxylic acid groups (broad SMARTS) is 2. The molecule has 2 heterocycles. The number of allylic oxidation sites excluding steroid dienone is 3. The van der Waals surface area contributed by atoms with Crippen LogP contribution in [0.5, 0.6) is 0 Å². The molecule has 0 amide bonds. The number of hydrogen-bond acceptors (Lipinski definition) is 11. The minimum absolute atomic E-state index is 0.0538. The molecular formula is C26H36O13. The summed E-state index contributed by atoms with van der Waals surface area (Å²) in [5, 5.41) is 58.6. The molecule has 2 aliphatic rings. The van der Waals surface area contributed by atoms with Crippen LogP contribution in [0.2, 0.25) is 0 Å². The molecule has 0 aliphatic carbocycles. The highest BCUT2D eigenvalue weighted by molar-refractivity contribution is 5.89. The molecular weight excluding hydrogens is 520 g/mol. The zero-order valence-electron chi connectivity index (χ0n) is 21.5. The number of aliphatic carboxylic acids is 2. The number of carboxylic acids is 2. The van der Waals surface area contributed by atoms with Gasteiger partial charge >= 0.3 is 17.9 Å². The third-order valence-electron chi connectivity index (χ3n) is 6.10. The predicted molar refractivity (Wildman–Crippen MR) is 133 cm³/mol. The van der Waals surface area contributed by atoms with Gasteiger partial charge in [-0.15, -0.1) is 0 Å². The number of ether oxygens (including phenoxy) is 4. The molecule has 1 saturated heterocycles. The Morgan fingerprint density at radius 3 is 2.44 bits per heavy atom. The van der Waals surface area contributed by atoms with Crippen molar-refractivity contribution in [1.29, 1.82) is 0 Å². The molecule has 0 spiro atoms. The zero-order valence-corrected chi connectivity index (χ0v) is 21.5. The molecule has 2 rings (SSSR count). The summed E-state index contributed by atoms with van der Waals surface area (Å²) < 4.78 is 21.4. The largest absolute Gasteiger partial charge is 0.481 e. The number of rotatable bonds is 14. The monoisotopic (exact) mass is 556 g/mol. The predicted octanol–water partition coefficient (Wildman–Crippen LogP) is 0.381. The van der Waals surface area contributed by atoms with E-state index < -0.39 is 86.0 Å². The van der Waals surface area contributed by atoms with Crippen molar-refractivity contribution in [2.75, 3.05) is 13.2 Å². The van der Waals surface area contributed by atoms with Gasteiger partial charge in [0.1, 0.15) is 31.0 Å². The average molecular weight is 557 g/mol. The molecule has 13 nitrogen and oxygen atoms in total. The second-order valence-electron chi connectivity index (χ2n) is 8.95. The summed E-state index contributed by atoms with van der Waals surface area (Å²) in [7, 11) is 0. The summed E-state index contributed by atoms with van der Waals surface area (Å²) in [5.41, 5.74) is -0.460. The fourth-order valence-electron chi connectivity index (χ4n) is 3.98. The maximum Gasteiger partial charge on any atom is 0.335 e. The molecule has 6 N–H and O–H groups in total. The van der Waals surface area contributed by atoms with Crippen LogP contribution < -0.4 is 0 Å². The van der Waals surface area contributed by atoms with E-state index in [0.29, 0.717) is 0 Å². The molecule has 0 aromatic heterocycles. The summed E-state index contributed by atoms with van der Waals surface area (Å²) in [5.74, 6) is -4.78. The van der Waals surface area contributed by atoms with Gasteiger partial charge in [-0.25, -0.2) is 9.59 Å². The lowest BCUT2D eigenvalue weighted by Crippen LogP contribution is -2.60. The van der Waals surface area contributed by atoms with Crippen LogP contribution in [0.15, 0.2) is 47.8 Å². The molecule has 39 heavy (non-hydrogen) atoms. The van der Waals surface area contributed by atoms with Crippen LogP contribution in [0.4, 0.5) is 0 Å². The number of unbranched alkanes of at least 4 members (excludes halogenated alkanes) is 3. The number of carbonyl (C=O) groups excluding carboxylic acids is 1. The summed E-state index contributed by atoms with van der Waals surface area (Å²) in [6.45, 7) is 0.974. The molecule has 7 atom stereocenters. The zero-order chi connectivity index (χ0) is 28.9. The lowest BCUT2D eigenvalue weighted by Gasteiger charge is -2.41. The highest BCUT2D eigenvalue weighted by Gasteiger charge is 2.46. The fourth-order valence-corrected chi connectivity index (χ4v) is 3.98. The van der Waals surface area contributed by atoms with Crippen LogP contribution in [0.25, 0.3) is 0 Å². The Labute approximate surface area is 225 Å². The summed E-state index contributed by atoms with van der Waals surface area (Å²) in [6.07, 6.45) is 2.09. The molecule has 0 unspecified atom stereocenters. The van der Waals surface area contributed by atoms with E-state index >= 15 is 0 Å². The first-order valence-electron chi connectivity index (χ1n) is 12.6. The van der Waals surface area contributed by atoms with Gasteiger partial charge < -0.3 is 49.6 Å². The Kier molecular flexibility index (Phi) is 13.3. The van der Waals surface area contributed by atoms with Gasteiger partial charge in [0.15, 0.2) is 6.29 Å². The van der Waals surface area contributed by atoms with Crippen LogP contribution in [-0.2, 0) is 33.3 Å². The average Bonchev–Trinajstić information content (AvgIpc) is 2.89. The molecule has 0 bridgehead atoms. The van der Waals surface area contributed by atoms with Crippen molar-refractivity contribution in [2.24, 2.45) is 5.92 Å². The Hall–Kier alpha value is -3.07. The topological polar surface area (TPSA) is 210 Å². The molecule has 13 heteroatoms. The maximum atomic E-state index is 12.1. The minimum Gasteiger partial charge on any atom is -0.481 e. The third kappa shape index (κ3) is 9.56. The van der Waals surface area contributed by atoms with Gasteiger partial charge in [0.25, 0.3) is 0 Å². The highest BCUT2D eigenvalue weighted by atomic mass is 16.8. The first-order valence-corrected chi connectivity index (χ1v) is 12.6. The first kappa shape index (κ1) is 32.1. The first-order chi connectivity index (χ1) is 18.6. The number of esters is 1. The van der Waals surface area contributed by atoms with Crippen LogP contribution in [0.3, 0.4) is 0 Å². The summed E-state index contributed by atoms with van der Waals surface area (Å²) >= 11 is 0. The van der Waals surface area contributed by atoms with E-state index in [0.717, 1.165) is 31.9 Å². The van der Waals surface area contributed by atoms with Gasteiger partial charge in [-0.2, -0.15) is 0 Å². The van der Waals surface area contributed by atoms with Gasteiger partial charge in [0.2, 0.25) is 6.29 Å². The van der Waals surface area contributed by atoms with E-state index in [9.17, 15) is 45.0 Å². The van der Waals surface area contributed by atoms with Crippen molar-refractivity contribution >= 4 is 17.9 Å². The minimum atomic E-state index is -1.80. The normalized spacial score (nSPS) is 30.3. The number of hydrogen-bond donors (Lipinski definition) is 6. The lowest BCUT2D eigenvalue weighted by molar-refractivity contribution is -0.327. The molecule has 0 aromatic rings. The Morgan fingerprint density at radius 2 is 1.79 bits per heavy atom. The summed E-state index contributed by atoms with van der Waals surface area (Å²) in [4.78, 5) is 35.3. The van der Waals surface area contributed by atoms with E-state index in [1.807, 2.05) is 6.08 Å². The van der Waals surface area contributed by atoms with E-state index in [-0.39, 0.29) is 5.57 Å². The smallest absolute Gasteiger partial charge is 0.335 e. The van der Waals surface area contributed by atoms with Crippen molar-refractivity contribution in [3.05, 3.63) is 47.8 Å². The fraction of sp³-hybridized carbons (Fsp3) is 0.577. The maximum absolute atomic E-state index is 12.1. The van der Waals surface area contributed by atoms with Gasteiger partial charge in [-0.1, -0.05) is 38.0 Å². The number of carbonyl (C=O) groups is 3. The van der Waals surface area contributed by atoms with Crippen molar-refractivity contribution in [2.45, 2.75) is 76.0 Å². The Bertz CT molecular complexity index is 951. The molecule has 218 valence electrons. The van der Waals surface area contributed by atoms with E-state index in [1.54, 1.807) is 6.08 Å². The van der Waals surface area contributed by atoms with E-state index in [1.165, 1.54) is 18.2 Å². The van der Waals surface area contributed by atoms with Crippen molar-refractivity contribution < 1.29 is 64.0 Å². The number of aliphatic hydroxyl groups excluding tert-OH is 4. The highest BCUT2D eigenvalue weighted by Crippen LogP contribution is 2.35. The van der Waals surface area contributed by atoms with Crippen molar-refractivity contribution in [3.8, 4) is 0 Å². The van der Waals surface area contributed by atoms with Crippen molar-refractivity contribution in [3.63, 3.8) is 0 Å². The molecule has 2 aliphatic heterocycles. The summed E-state index contributed by atoms with van der Waals surface area (Å²) in [6, 6.07) is 0. The van der Waals surface area contributed by atoms with Crippen LogP contribution in [0, 0.1) is 5.92 Å². The quantitative estimate of drug-likeness (QED) is 0.0563. The van der Waals surface area contributed by atoms with Gasteiger partial charge in [0.05, 0.1) is 24.9 Å². The second kappa shape index (κ2) is 16.1. The Balaban J connectivity index is 2.20. The molecule has 0 aromatic carbocycles. The van der Waals surface area contributed by atoms with Gasteiger partial charge in [0, 0.05) is 17.6 Å². The molecule has 1 fully saturated rings. The van der Waals surface area contributed by atoms with Crippen LogP contribution in [0.1, 0.15) is 39.0 Å². The lowest BCUT2D eigenvalue weighted by atomic mass is 9.86. The molecule has 0 radical (unpaired) electrons.